The van der Waals surface area contributed by atoms with Crippen LogP contribution in [0.4, 0.5) is 0 Å². The lowest BCUT2D eigenvalue weighted by Gasteiger charge is -2.16. The fourth-order valence-corrected chi connectivity index (χ4v) is 2.23. The van der Waals surface area contributed by atoms with E-state index in [0.717, 1.165) is 5.56 Å². The average Bonchev–Trinajstić information content (AvgIpc) is 3.05. The van der Waals surface area contributed by atoms with Crippen molar-refractivity contribution in [1.82, 2.24) is 5.32 Å². The van der Waals surface area contributed by atoms with Crippen LogP contribution in [0.2, 0.25) is 0 Å². The van der Waals surface area contributed by atoms with Crippen LogP contribution in [0, 0.1) is 6.92 Å². The molecular weight excluding hydrogens is 326 g/mol. The maximum atomic E-state index is 12.0. The second kappa shape index (κ2) is 8.68. The summed E-state index contributed by atoms with van der Waals surface area (Å²) < 4.78 is 14.6. The van der Waals surface area contributed by atoms with E-state index < -0.39 is 30.5 Å². The van der Waals surface area contributed by atoms with Crippen LogP contribution in [-0.4, -0.2) is 37.6 Å². The van der Waals surface area contributed by atoms with Gasteiger partial charge < -0.3 is 19.2 Å². The molecule has 1 amide bonds. The number of aryl methyl sites for hydroxylation is 1. The van der Waals surface area contributed by atoms with Crippen molar-refractivity contribution < 1.29 is 28.3 Å². The van der Waals surface area contributed by atoms with Crippen molar-refractivity contribution in [1.29, 1.82) is 0 Å². The van der Waals surface area contributed by atoms with Crippen LogP contribution in [0.15, 0.2) is 47.1 Å². The van der Waals surface area contributed by atoms with Gasteiger partial charge in [-0.2, -0.15) is 0 Å². The van der Waals surface area contributed by atoms with Crippen LogP contribution in [0.25, 0.3) is 0 Å². The summed E-state index contributed by atoms with van der Waals surface area (Å²) in [5, 5.41) is 2.52. The molecule has 2 aromatic rings. The highest BCUT2D eigenvalue weighted by molar-refractivity contribution is 5.92. The molecule has 1 atom stereocenters. The second-order valence-electron chi connectivity index (χ2n) is 5.30. The van der Waals surface area contributed by atoms with Crippen molar-refractivity contribution in [2.45, 2.75) is 19.4 Å². The number of furan rings is 1. The zero-order valence-corrected chi connectivity index (χ0v) is 14.0. The molecule has 1 unspecified atom stereocenters. The molecule has 7 heteroatoms. The van der Waals surface area contributed by atoms with E-state index in [-0.39, 0.29) is 12.0 Å². The minimum Gasteiger partial charge on any atom is -0.469 e. The Labute approximate surface area is 144 Å². The summed E-state index contributed by atoms with van der Waals surface area (Å²) in [5.41, 5.74) is 1.12. The fraction of sp³-hybridized carbons (Fsp3) is 0.278. The Morgan fingerprint density at radius 1 is 1.16 bits per heavy atom. The summed E-state index contributed by atoms with van der Waals surface area (Å²) in [4.78, 5) is 35.7. The van der Waals surface area contributed by atoms with Gasteiger partial charge in [-0.05, 0) is 18.6 Å². The molecule has 1 N–H and O–H groups in total. The number of methoxy groups -OCH3 is 1. The summed E-state index contributed by atoms with van der Waals surface area (Å²) in [6.45, 7) is 1.11. The van der Waals surface area contributed by atoms with Crippen molar-refractivity contribution in [3.63, 3.8) is 0 Å². The van der Waals surface area contributed by atoms with E-state index in [4.69, 9.17) is 13.9 Å². The lowest BCUT2D eigenvalue weighted by Crippen LogP contribution is -2.44. The van der Waals surface area contributed by atoms with Crippen LogP contribution in [0.1, 0.15) is 21.7 Å². The van der Waals surface area contributed by atoms with Crippen LogP contribution < -0.4 is 5.32 Å². The Hall–Kier alpha value is -3.09. The van der Waals surface area contributed by atoms with Gasteiger partial charge in [0.2, 0.25) is 0 Å². The van der Waals surface area contributed by atoms with Crippen molar-refractivity contribution in [3.05, 3.63) is 59.5 Å². The first-order valence-corrected chi connectivity index (χ1v) is 7.63. The van der Waals surface area contributed by atoms with Gasteiger partial charge in [0.1, 0.15) is 17.4 Å². The summed E-state index contributed by atoms with van der Waals surface area (Å²) in [6.07, 6.45) is 1.63. The monoisotopic (exact) mass is 345 g/mol. The molecule has 132 valence electrons. The highest BCUT2D eigenvalue weighted by Crippen LogP contribution is 2.10. The number of ether oxygens (including phenoxy) is 2. The topological polar surface area (TPSA) is 94.8 Å². The first kappa shape index (κ1) is 18.3. The quantitative estimate of drug-likeness (QED) is 0.767. The Kier molecular flexibility index (Phi) is 6.33. The first-order chi connectivity index (χ1) is 12.0. The molecule has 0 bridgehead atoms. The molecule has 0 aliphatic rings. The van der Waals surface area contributed by atoms with Gasteiger partial charge in [0.25, 0.3) is 5.91 Å². The van der Waals surface area contributed by atoms with Gasteiger partial charge in [-0.15, -0.1) is 0 Å². The van der Waals surface area contributed by atoms with Gasteiger partial charge in [0.15, 0.2) is 6.61 Å². The third-order valence-electron chi connectivity index (χ3n) is 3.52. The van der Waals surface area contributed by atoms with Gasteiger partial charge in [0, 0.05) is 6.42 Å². The zero-order chi connectivity index (χ0) is 18.2. The predicted molar refractivity (Wildman–Crippen MR) is 87.8 cm³/mol. The molecule has 0 aliphatic heterocycles. The van der Waals surface area contributed by atoms with E-state index in [2.05, 4.69) is 5.32 Å². The zero-order valence-electron chi connectivity index (χ0n) is 14.0. The maximum absolute atomic E-state index is 12.0. The Morgan fingerprint density at radius 2 is 1.88 bits per heavy atom. The van der Waals surface area contributed by atoms with E-state index in [1.54, 1.807) is 6.92 Å². The first-order valence-electron chi connectivity index (χ1n) is 7.63. The predicted octanol–water partition coefficient (Wildman–Crippen LogP) is 1.65. The molecule has 0 fully saturated rings. The largest absolute Gasteiger partial charge is 0.469 e. The molecule has 1 aromatic carbocycles. The Balaban J connectivity index is 1.91. The minimum atomic E-state index is -0.866. The highest BCUT2D eigenvalue weighted by atomic mass is 16.5. The van der Waals surface area contributed by atoms with Crippen molar-refractivity contribution in [2.24, 2.45) is 0 Å². The summed E-state index contributed by atoms with van der Waals surface area (Å²) in [7, 11) is 1.24. The molecular formula is C18H19NO6. The Bertz CT molecular complexity index is 737. The van der Waals surface area contributed by atoms with E-state index in [1.807, 2.05) is 30.3 Å². The minimum absolute atomic E-state index is 0.251. The molecule has 25 heavy (non-hydrogen) atoms. The molecule has 2 rings (SSSR count). The number of amides is 1. The number of esters is 2. The molecule has 0 aliphatic carbocycles. The highest BCUT2D eigenvalue weighted by Gasteiger charge is 2.23. The molecule has 7 nitrogen and oxygen atoms in total. The van der Waals surface area contributed by atoms with E-state index in [0.29, 0.717) is 5.76 Å². The van der Waals surface area contributed by atoms with Gasteiger partial charge in [-0.1, -0.05) is 30.3 Å². The summed E-state index contributed by atoms with van der Waals surface area (Å²) >= 11 is 0. The SMILES string of the molecule is COC(=O)C(Cc1ccccc1)NC(=O)COC(=O)c1ccoc1C. The van der Waals surface area contributed by atoms with Crippen LogP contribution >= 0.6 is 0 Å². The summed E-state index contributed by atoms with van der Waals surface area (Å²) in [5.74, 6) is -1.43. The number of hydrogen-bond donors (Lipinski definition) is 1. The Morgan fingerprint density at radius 3 is 2.48 bits per heavy atom. The molecule has 1 heterocycles. The maximum Gasteiger partial charge on any atom is 0.342 e. The molecule has 1 aromatic heterocycles. The van der Waals surface area contributed by atoms with Crippen molar-refractivity contribution >= 4 is 17.8 Å². The van der Waals surface area contributed by atoms with Gasteiger partial charge >= 0.3 is 11.9 Å². The average molecular weight is 345 g/mol. The van der Waals surface area contributed by atoms with Crippen LogP contribution in [-0.2, 0) is 25.5 Å². The van der Waals surface area contributed by atoms with Gasteiger partial charge in [-0.3, -0.25) is 4.79 Å². The van der Waals surface area contributed by atoms with E-state index in [9.17, 15) is 14.4 Å². The smallest absolute Gasteiger partial charge is 0.342 e. The number of hydrogen-bond acceptors (Lipinski definition) is 6. The third kappa shape index (κ3) is 5.20. The molecule has 0 saturated carbocycles. The standard InChI is InChI=1S/C18H19NO6/c1-12-14(8-9-24-12)17(21)25-11-16(20)19-15(18(22)23-2)10-13-6-4-3-5-7-13/h3-9,15H,10-11H2,1-2H3,(H,19,20). The lowest BCUT2D eigenvalue weighted by molar-refractivity contribution is -0.145. The van der Waals surface area contributed by atoms with Crippen molar-refractivity contribution in [3.8, 4) is 0 Å². The van der Waals surface area contributed by atoms with Gasteiger partial charge in [-0.25, -0.2) is 9.59 Å². The summed E-state index contributed by atoms with van der Waals surface area (Å²) in [6, 6.07) is 9.79. The molecule has 0 radical (unpaired) electrons. The lowest BCUT2D eigenvalue weighted by atomic mass is 10.1. The van der Waals surface area contributed by atoms with Crippen LogP contribution in [0.5, 0.6) is 0 Å². The normalized spacial score (nSPS) is 11.4. The fourth-order valence-electron chi connectivity index (χ4n) is 2.23. The van der Waals surface area contributed by atoms with E-state index in [1.165, 1.54) is 19.4 Å². The van der Waals surface area contributed by atoms with Gasteiger partial charge in [0.05, 0.1) is 13.4 Å². The number of rotatable bonds is 7. The molecule has 0 spiro atoms. The number of nitrogens with one attached hydrogen (secondary N) is 1. The number of carbonyl (C=O) groups excluding carboxylic acids is 3. The third-order valence-corrected chi connectivity index (χ3v) is 3.52. The molecule has 0 saturated heterocycles. The van der Waals surface area contributed by atoms with E-state index >= 15 is 0 Å². The number of carbonyl (C=O) groups is 3. The number of benzene rings is 1. The van der Waals surface area contributed by atoms with Crippen molar-refractivity contribution in [2.75, 3.05) is 13.7 Å². The second-order valence-corrected chi connectivity index (χ2v) is 5.30. The van der Waals surface area contributed by atoms with Crippen LogP contribution in [0.3, 0.4) is 0 Å².